The van der Waals surface area contributed by atoms with Gasteiger partial charge in [0.05, 0.1) is 12.0 Å². The first-order valence-electron chi connectivity index (χ1n) is 6.62. The minimum absolute atomic E-state index is 0.132. The first-order valence-corrected chi connectivity index (χ1v) is 6.62. The Morgan fingerprint density at radius 2 is 2.14 bits per heavy atom. The molecule has 0 saturated heterocycles. The van der Waals surface area contributed by atoms with E-state index in [-0.39, 0.29) is 23.9 Å². The molecule has 0 fully saturated rings. The summed E-state index contributed by atoms with van der Waals surface area (Å²) in [5.74, 6) is -0.503. The van der Waals surface area contributed by atoms with E-state index in [9.17, 15) is 14.9 Å². The summed E-state index contributed by atoms with van der Waals surface area (Å²) < 4.78 is 4.92. The van der Waals surface area contributed by atoms with Gasteiger partial charge in [-0.15, -0.1) is 0 Å². The van der Waals surface area contributed by atoms with Gasteiger partial charge < -0.3 is 15.2 Å². The van der Waals surface area contributed by atoms with Crippen molar-refractivity contribution in [2.24, 2.45) is 5.92 Å². The van der Waals surface area contributed by atoms with Crippen LogP contribution in [0, 0.1) is 16.0 Å². The van der Waals surface area contributed by atoms with Crippen LogP contribution in [0.1, 0.15) is 25.8 Å². The Morgan fingerprint density at radius 1 is 1.48 bits per heavy atom. The fourth-order valence-electron chi connectivity index (χ4n) is 1.97. The summed E-state index contributed by atoms with van der Waals surface area (Å²) in [6.07, 6.45) is 0.494. The number of ether oxygens (including phenoxy) is 1. The van der Waals surface area contributed by atoms with E-state index in [0.717, 1.165) is 0 Å². The molecule has 0 bridgehead atoms. The maximum atomic E-state index is 11.1. The minimum Gasteiger partial charge on any atom is -0.490 e. The molecular formula is C14H20N2O5. The second-order valence-electron chi connectivity index (χ2n) is 5.16. The number of nitrogens with one attached hydrogen (secondary N) is 1. The smallest absolute Gasteiger partial charge is 0.320 e. The third-order valence-electron chi connectivity index (χ3n) is 3.00. The van der Waals surface area contributed by atoms with Crippen LogP contribution in [-0.2, 0) is 11.3 Å². The lowest BCUT2D eigenvalue weighted by Gasteiger charge is -2.16. The van der Waals surface area contributed by atoms with Gasteiger partial charge in [-0.3, -0.25) is 14.9 Å². The van der Waals surface area contributed by atoms with Crippen molar-refractivity contribution in [1.82, 2.24) is 5.32 Å². The zero-order chi connectivity index (χ0) is 16.0. The number of benzene rings is 1. The molecule has 0 saturated carbocycles. The summed E-state index contributed by atoms with van der Waals surface area (Å²) in [7, 11) is 1.36. The number of carboxylic acids is 1. The quantitative estimate of drug-likeness (QED) is 0.563. The second-order valence-corrected chi connectivity index (χ2v) is 5.16. The van der Waals surface area contributed by atoms with Gasteiger partial charge in [-0.25, -0.2) is 0 Å². The zero-order valence-electron chi connectivity index (χ0n) is 12.3. The molecule has 116 valence electrons. The highest BCUT2D eigenvalue weighted by Gasteiger charge is 2.19. The first kappa shape index (κ1) is 16.9. The fourth-order valence-corrected chi connectivity index (χ4v) is 1.97. The molecule has 0 spiro atoms. The molecule has 1 atom stereocenters. The van der Waals surface area contributed by atoms with Gasteiger partial charge in [0.25, 0.3) is 0 Å². The van der Waals surface area contributed by atoms with Gasteiger partial charge in [0.15, 0.2) is 5.75 Å². The molecule has 0 aliphatic rings. The average Bonchev–Trinajstić information content (AvgIpc) is 2.42. The highest BCUT2D eigenvalue weighted by Crippen LogP contribution is 2.27. The number of carbonyl (C=O) groups is 1. The Labute approximate surface area is 123 Å². The van der Waals surface area contributed by atoms with Crippen LogP contribution in [0.3, 0.4) is 0 Å². The largest absolute Gasteiger partial charge is 0.490 e. The Kier molecular flexibility index (Phi) is 6.10. The number of nitrogens with zero attached hydrogens (tertiary/aromatic N) is 1. The summed E-state index contributed by atoms with van der Waals surface area (Å²) in [6, 6.07) is 3.90. The third-order valence-corrected chi connectivity index (χ3v) is 3.00. The van der Waals surface area contributed by atoms with Crippen LogP contribution in [0.15, 0.2) is 18.2 Å². The van der Waals surface area contributed by atoms with Crippen LogP contribution in [0.25, 0.3) is 0 Å². The van der Waals surface area contributed by atoms with Crippen molar-refractivity contribution < 1.29 is 19.6 Å². The lowest BCUT2D eigenvalue weighted by molar-refractivity contribution is -0.385. The summed E-state index contributed by atoms with van der Waals surface area (Å²) in [4.78, 5) is 21.6. The van der Waals surface area contributed by atoms with Gasteiger partial charge >= 0.3 is 11.7 Å². The van der Waals surface area contributed by atoms with E-state index in [4.69, 9.17) is 9.84 Å². The molecule has 7 heteroatoms. The Hall–Kier alpha value is -2.15. The lowest BCUT2D eigenvalue weighted by Crippen LogP contribution is -2.37. The number of nitro groups is 1. The van der Waals surface area contributed by atoms with Crippen molar-refractivity contribution in [1.29, 1.82) is 0 Å². The number of hydrogen-bond acceptors (Lipinski definition) is 5. The Bertz CT molecular complexity index is 516. The van der Waals surface area contributed by atoms with E-state index in [2.05, 4.69) is 5.32 Å². The van der Waals surface area contributed by atoms with Crippen LogP contribution >= 0.6 is 0 Å². The molecule has 0 aromatic heterocycles. The van der Waals surface area contributed by atoms with E-state index in [1.807, 2.05) is 13.8 Å². The molecule has 0 aliphatic carbocycles. The highest BCUT2D eigenvalue weighted by atomic mass is 16.6. The molecule has 2 N–H and O–H groups in total. The van der Waals surface area contributed by atoms with Gasteiger partial charge in [0.2, 0.25) is 0 Å². The van der Waals surface area contributed by atoms with E-state index >= 15 is 0 Å². The molecule has 0 aliphatic heterocycles. The topological polar surface area (TPSA) is 102 Å². The fraction of sp³-hybridized carbons (Fsp3) is 0.500. The van der Waals surface area contributed by atoms with Gasteiger partial charge in [-0.2, -0.15) is 0 Å². The van der Waals surface area contributed by atoms with Crippen molar-refractivity contribution in [2.75, 3.05) is 7.11 Å². The molecule has 1 aromatic rings. The van der Waals surface area contributed by atoms with Crippen LogP contribution in [0.5, 0.6) is 5.75 Å². The first-order chi connectivity index (χ1) is 9.85. The van der Waals surface area contributed by atoms with Gasteiger partial charge in [-0.05, 0) is 24.0 Å². The average molecular weight is 296 g/mol. The summed E-state index contributed by atoms with van der Waals surface area (Å²) in [6.45, 7) is 4.13. The number of carboxylic acid groups (broad SMARTS) is 1. The number of nitro benzene ring substituents is 1. The van der Waals surface area contributed by atoms with Crippen LogP contribution < -0.4 is 10.1 Å². The predicted molar refractivity (Wildman–Crippen MR) is 77.4 cm³/mol. The molecule has 1 rings (SSSR count). The molecule has 0 heterocycles. The molecule has 0 radical (unpaired) electrons. The Morgan fingerprint density at radius 3 is 2.62 bits per heavy atom. The summed E-state index contributed by atoms with van der Waals surface area (Å²) >= 11 is 0. The minimum atomic E-state index is -0.924. The molecule has 0 unspecified atom stereocenters. The maximum Gasteiger partial charge on any atom is 0.320 e. The van der Waals surface area contributed by atoms with Crippen molar-refractivity contribution >= 4 is 11.7 Å². The normalized spacial score (nSPS) is 12.2. The predicted octanol–water partition coefficient (Wildman–Crippen LogP) is 2.19. The molecule has 0 amide bonds. The van der Waals surface area contributed by atoms with Crippen molar-refractivity contribution in [3.8, 4) is 5.75 Å². The van der Waals surface area contributed by atoms with Gasteiger partial charge in [-0.1, -0.05) is 19.9 Å². The monoisotopic (exact) mass is 296 g/mol. The van der Waals surface area contributed by atoms with E-state index < -0.39 is 16.9 Å². The van der Waals surface area contributed by atoms with E-state index in [0.29, 0.717) is 12.0 Å². The number of hydrogen-bond donors (Lipinski definition) is 2. The van der Waals surface area contributed by atoms with Crippen LogP contribution in [0.4, 0.5) is 5.69 Å². The standard InChI is InChI=1S/C14H20N2O5/c1-9(2)6-11(14(17)18)15-8-10-4-5-13(21-3)12(7-10)16(19)20/h4-5,7,9,11,15H,6,8H2,1-3H3,(H,17,18)/t11-/m1/s1. The summed E-state index contributed by atoms with van der Waals surface area (Å²) in [5, 5.41) is 23.0. The SMILES string of the molecule is COc1ccc(CN[C@H](CC(C)C)C(=O)O)cc1[N+](=O)[O-]. The van der Waals surface area contributed by atoms with Gasteiger partial charge in [0, 0.05) is 12.6 Å². The van der Waals surface area contributed by atoms with Crippen molar-refractivity contribution in [3.63, 3.8) is 0 Å². The maximum absolute atomic E-state index is 11.1. The van der Waals surface area contributed by atoms with Crippen molar-refractivity contribution in [2.45, 2.75) is 32.9 Å². The lowest BCUT2D eigenvalue weighted by atomic mass is 10.0. The zero-order valence-corrected chi connectivity index (χ0v) is 12.3. The van der Waals surface area contributed by atoms with Gasteiger partial charge in [0.1, 0.15) is 6.04 Å². The molecule has 7 nitrogen and oxygen atoms in total. The molecule has 21 heavy (non-hydrogen) atoms. The summed E-state index contributed by atoms with van der Waals surface area (Å²) in [5.41, 5.74) is 0.505. The molecule has 1 aromatic carbocycles. The van der Waals surface area contributed by atoms with Crippen molar-refractivity contribution in [3.05, 3.63) is 33.9 Å². The second kappa shape index (κ2) is 7.58. The molecular weight excluding hydrogens is 276 g/mol. The highest BCUT2D eigenvalue weighted by molar-refractivity contribution is 5.73. The van der Waals surface area contributed by atoms with E-state index in [1.54, 1.807) is 6.07 Å². The number of methoxy groups -OCH3 is 1. The number of aliphatic carboxylic acids is 1. The van der Waals surface area contributed by atoms with E-state index in [1.165, 1.54) is 19.2 Å². The van der Waals surface area contributed by atoms with Crippen LogP contribution in [-0.4, -0.2) is 29.2 Å². The third kappa shape index (κ3) is 5.03. The number of rotatable bonds is 8. The van der Waals surface area contributed by atoms with Crippen LogP contribution in [0.2, 0.25) is 0 Å². The Balaban J connectivity index is 2.81.